The average molecular weight is 676 g/mol. The normalized spacial score (nSPS) is 14.7. The standard InChI is InChI=1S/C32H26IN3O4S/c1-4-39-31(38)28-20(3)35-32-36(29(28)22-12-9-19(2)10-13-22)30(37)27(41-32)16-21-11-14-26(25(33)15-21)40-18-24-8-6-5-7-23(24)17-34/h5-16,29H,4,18H2,1-3H3/b27-16+/t29-/m0/s1. The monoisotopic (exact) mass is 675 g/mol. The second-order valence-corrected chi connectivity index (χ2v) is 11.6. The molecule has 0 saturated carbocycles. The Hall–Kier alpha value is -4.01. The topological polar surface area (TPSA) is 93.7 Å². The molecule has 4 aromatic rings. The van der Waals surface area contributed by atoms with Crippen LogP contribution < -0.4 is 19.6 Å². The van der Waals surface area contributed by atoms with Crippen LogP contribution in [0.15, 0.2) is 87.8 Å². The van der Waals surface area contributed by atoms with E-state index in [1.165, 1.54) is 11.3 Å². The fourth-order valence-corrected chi connectivity index (χ4v) is 6.38. The minimum Gasteiger partial charge on any atom is -0.488 e. The lowest BCUT2D eigenvalue weighted by Crippen LogP contribution is -2.39. The highest BCUT2D eigenvalue weighted by molar-refractivity contribution is 14.1. The Morgan fingerprint density at radius 3 is 2.61 bits per heavy atom. The largest absolute Gasteiger partial charge is 0.488 e. The van der Waals surface area contributed by atoms with Crippen LogP contribution in [0.4, 0.5) is 0 Å². The van der Waals surface area contributed by atoms with Crippen LogP contribution >= 0.6 is 33.9 Å². The van der Waals surface area contributed by atoms with Crippen molar-refractivity contribution in [3.05, 3.63) is 129 Å². The maximum absolute atomic E-state index is 13.8. The first-order valence-corrected chi connectivity index (χ1v) is 14.9. The van der Waals surface area contributed by atoms with Crippen molar-refractivity contribution in [1.29, 1.82) is 5.26 Å². The van der Waals surface area contributed by atoms with E-state index in [1.54, 1.807) is 24.5 Å². The minimum absolute atomic E-state index is 0.225. The molecule has 0 aliphatic carbocycles. The van der Waals surface area contributed by atoms with Gasteiger partial charge in [0, 0.05) is 5.56 Å². The number of carbonyl (C=O) groups excluding carboxylic acids is 1. The van der Waals surface area contributed by atoms with E-state index in [1.807, 2.05) is 73.7 Å². The van der Waals surface area contributed by atoms with Crippen molar-refractivity contribution in [2.24, 2.45) is 4.99 Å². The molecular formula is C32H26IN3O4S. The highest BCUT2D eigenvalue weighted by Crippen LogP contribution is 2.31. The summed E-state index contributed by atoms with van der Waals surface area (Å²) in [7, 11) is 0. The van der Waals surface area contributed by atoms with Gasteiger partial charge in [-0.15, -0.1) is 0 Å². The zero-order valence-electron chi connectivity index (χ0n) is 22.7. The Kier molecular flexibility index (Phi) is 8.52. The Balaban J connectivity index is 1.52. The molecule has 3 aromatic carbocycles. The molecule has 1 aliphatic rings. The minimum atomic E-state index is -0.639. The average Bonchev–Trinajstić information content (AvgIpc) is 3.26. The predicted octanol–water partition coefficient (Wildman–Crippen LogP) is 5.16. The van der Waals surface area contributed by atoms with Gasteiger partial charge < -0.3 is 9.47 Å². The first kappa shape index (κ1) is 28.5. The van der Waals surface area contributed by atoms with Crippen molar-refractivity contribution in [3.63, 3.8) is 0 Å². The SMILES string of the molecule is CCOC(=O)C1=C(C)N=c2s/c(=C/c3ccc(OCc4ccccc4C#N)c(I)c3)c(=O)n2[C@H]1c1ccc(C)cc1. The number of fused-ring (bicyclic) bond motifs is 1. The number of carbonyl (C=O) groups is 1. The molecule has 0 bridgehead atoms. The quantitative estimate of drug-likeness (QED) is 0.199. The van der Waals surface area contributed by atoms with Crippen molar-refractivity contribution in [3.8, 4) is 11.8 Å². The van der Waals surface area contributed by atoms with Gasteiger partial charge in [-0.3, -0.25) is 9.36 Å². The third-order valence-corrected chi connectivity index (χ3v) is 8.51. The first-order chi connectivity index (χ1) is 19.8. The number of esters is 1. The molecule has 1 atom stereocenters. The summed E-state index contributed by atoms with van der Waals surface area (Å²) in [6, 6.07) is 22.4. The fourth-order valence-electron chi connectivity index (χ4n) is 4.64. The maximum Gasteiger partial charge on any atom is 0.338 e. The summed E-state index contributed by atoms with van der Waals surface area (Å²) in [6.07, 6.45) is 1.83. The van der Waals surface area contributed by atoms with Crippen molar-refractivity contribution >= 4 is 46.0 Å². The molecule has 0 amide bonds. The van der Waals surface area contributed by atoms with Gasteiger partial charge in [0.25, 0.3) is 5.56 Å². The van der Waals surface area contributed by atoms with E-state index in [0.29, 0.717) is 31.9 Å². The third-order valence-electron chi connectivity index (χ3n) is 6.68. The van der Waals surface area contributed by atoms with Gasteiger partial charge in [-0.1, -0.05) is 65.4 Å². The van der Waals surface area contributed by atoms with Gasteiger partial charge in [0.2, 0.25) is 0 Å². The molecule has 1 aromatic heterocycles. The van der Waals surface area contributed by atoms with E-state index in [9.17, 15) is 14.9 Å². The number of nitrogens with zero attached hydrogens (tertiary/aromatic N) is 3. The highest BCUT2D eigenvalue weighted by atomic mass is 127. The molecule has 9 heteroatoms. The van der Waals surface area contributed by atoms with E-state index in [0.717, 1.165) is 25.8 Å². The molecular weight excluding hydrogens is 649 g/mol. The van der Waals surface area contributed by atoms with Gasteiger partial charge in [0.05, 0.1) is 43.7 Å². The number of nitriles is 1. The zero-order chi connectivity index (χ0) is 29.1. The molecule has 0 fully saturated rings. The lowest BCUT2D eigenvalue weighted by atomic mass is 9.95. The molecule has 206 valence electrons. The number of hydrogen-bond acceptors (Lipinski definition) is 7. The van der Waals surface area contributed by atoms with Crippen molar-refractivity contribution in [1.82, 2.24) is 4.57 Å². The molecule has 0 N–H and O–H groups in total. The molecule has 41 heavy (non-hydrogen) atoms. The molecule has 7 nitrogen and oxygen atoms in total. The van der Waals surface area contributed by atoms with Crippen molar-refractivity contribution in [2.45, 2.75) is 33.4 Å². The predicted molar refractivity (Wildman–Crippen MR) is 166 cm³/mol. The second-order valence-electron chi connectivity index (χ2n) is 9.46. The molecule has 0 unspecified atom stereocenters. The number of aromatic nitrogens is 1. The summed E-state index contributed by atoms with van der Waals surface area (Å²) in [6.45, 7) is 6.03. The number of aryl methyl sites for hydroxylation is 1. The van der Waals surface area contributed by atoms with Crippen molar-refractivity contribution in [2.75, 3.05) is 6.61 Å². The molecule has 0 saturated heterocycles. The second kappa shape index (κ2) is 12.2. The lowest BCUT2D eigenvalue weighted by molar-refractivity contribution is -0.139. The third kappa shape index (κ3) is 5.89. The van der Waals surface area contributed by atoms with Crippen LogP contribution in [0.3, 0.4) is 0 Å². The number of rotatable bonds is 7. The molecule has 1 aliphatic heterocycles. The van der Waals surface area contributed by atoms with Gasteiger partial charge in [-0.25, -0.2) is 9.79 Å². The summed E-state index contributed by atoms with van der Waals surface area (Å²) in [5.74, 6) is 0.210. The Bertz CT molecular complexity index is 1900. The Morgan fingerprint density at radius 1 is 1.15 bits per heavy atom. The van der Waals surface area contributed by atoms with Gasteiger partial charge in [-0.05, 0) is 78.8 Å². The first-order valence-electron chi connectivity index (χ1n) is 13.0. The van der Waals surface area contributed by atoms with Crippen LogP contribution in [0.5, 0.6) is 5.75 Å². The summed E-state index contributed by atoms with van der Waals surface area (Å²) in [5.41, 5.74) is 4.80. The summed E-state index contributed by atoms with van der Waals surface area (Å²) in [4.78, 5) is 32.0. The fraction of sp³-hybridized carbons (Fsp3) is 0.188. The van der Waals surface area contributed by atoms with Gasteiger partial charge in [-0.2, -0.15) is 5.26 Å². The number of ether oxygens (including phenoxy) is 2. The molecule has 0 spiro atoms. The maximum atomic E-state index is 13.8. The number of hydrogen-bond donors (Lipinski definition) is 0. The smallest absolute Gasteiger partial charge is 0.338 e. The number of halogens is 1. The summed E-state index contributed by atoms with van der Waals surface area (Å²) in [5, 5.41) is 9.33. The van der Waals surface area contributed by atoms with Crippen LogP contribution in [0.2, 0.25) is 0 Å². The Morgan fingerprint density at radius 2 is 1.90 bits per heavy atom. The van der Waals surface area contributed by atoms with Crippen LogP contribution in [0, 0.1) is 21.8 Å². The molecule has 0 radical (unpaired) electrons. The number of allylic oxidation sites excluding steroid dienone is 1. The van der Waals surface area contributed by atoms with E-state index in [4.69, 9.17) is 9.47 Å². The van der Waals surface area contributed by atoms with E-state index < -0.39 is 12.0 Å². The summed E-state index contributed by atoms with van der Waals surface area (Å²) < 4.78 is 14.3. The number of thiazole rings is 1. The van der Waals surface area contributed by atoms with Crippen LogP contribution in [0.25, 0.3) is 6.08 Å². The van der Waals surface area contributed by atoms with Gasteiger partial charge in [0.15, 0.2) is 4.80 Å². The zero-order valence-corrected chi connectivity index (χ0v) is 25.7. The van der Waals surface area contributed by atoms with Crippen molar-refractivity contribution < 1.29 is 14.3 Å². The van der Waals surface area contributed by atoms with E-state index in [2.05, 4.69) is 33.7 Å². The van der Waals surface area contributed by atoms with Crippen LogP contribution in [-0.4, -0.2) is 17.1 Å². The van der Waals surface area contributed by atoms with Crippen LogP contribution in [-0.2, 0) is 16.1 Å². The lowest BCUT2D eigenvalue weighted by Gasteiger charge is -2.24. The molecule has 5 rings (SSSR count). The van der Waals surface area contributed by atoms with E-state index in [-0.39, 0.29) is 18.8 Å². The highest BCUT2D eigenvalue weighted by Gasteiger charge is 2.33. The van der Waals surface area contributed by atoms with Gasteiger partial charge >= 0.3 is 5.97 Å². The number of benzene rings is 3. The van der Waals surface area contributed by atoms with Crippen LogP contribution in [0.1, 0.15) is 47.7 Å². The van der Waals surface area contributed by atoms with Gasteiger partial charge in [0.1, 0.15) is 12.4 Å². The Labute approximate surface area is 254 Å². The summed E-state index contributed by atoms with van der Waals surface area (Å²) >= 11 is 3.49. The molecule has 2 heterocycles. The van der Waals surface area contributed by atoms with E-state index >= 15 is 0 Å².